The number of hydrogen-bond acceptors (Lipinski definition) is 4. The van der Waals surface area contributed by atoms with E-state index in [-0.39, 0.29) is 19.5 Å². The molecule has 1 aliphatic heterocycles. The molecule has 7 heteroatoms. The minimum Gasteiger partial charge on any atom is -0.480 e. The third kappa shape index (κ3) is 4.15. The van der Waals surface area contributed by atoms with Crippen LogP contribution < -0.4 is 5.32 Å². The van der Waals surface area contributed by atoms with Gasteiger partial charge in [-0.25, -0.2) is 4.79 Å². The molecular weight excluding hydrogens is 348 g/mol. The quantitative estimate of drug-likeness (QED) is 0.733. The summed E-state index contributed by atoms with van der Waals surface area (Å²) in [6, 6.07) is 14.5. The van der Waals surface area contributed by atoms with Crippen LogP contribution in [0.4, 0.5) is 0 Å². The van der Waals surface area contributed by atoms with Gasteiger partial charge in [0.25, 0.3) is 0 Å². The third-order valence-electron chi connectivity index (χ3n) is 4.62. The number of rotatable bonds is 5. The van der Waals surface area contributed by atoms with E-state index in [4.69, 9.17) is 0 Å². The van der Waals surface area contributed by atoms with Crippen molar-refractivity contribution in [2.75, 3.05) is 13.1 Å². The molecule has 3 N–H and O–H groups in total. The molecule has 3 rings (SSSR count). The first kappa shape index (κ1) is 18.6. The van der Waals surface area contributed by atoms with Gasteiger partial charge >= 0.3 is 11.9 Å². The number of carboxylic acids is 2. The molecule has 0 saturated carbocycles. The second kappa shape index (κ2) is 8.01. The highest BCUT2D eigenvalue weighted by Gasteiger charge is 2.42. The molecule has 2 unspecified atom stereocenters. The average molecular weight is 368 g/mol. The third-order valence-corrected chi connectivity index (χ3v) is 4.62. The Bertz CT molecular complexity index is 835. The lowest BCUT2D eigenvalue weighted by Gasteiger charge is -2.37. The van der Waals surface area contributed by atoms with Crippen LogP contribution in [0.2, 0.25) is 0 Å². The summed E-state index contributed by atoms with van der Waals surface area (Å²) in [5.74, 6) is -3.02. The molecule has 2 aromatic carbocycles. The fraction of sp³-hybridized carbons (Fsp3) is 0.250. The van der Waals surface area contributed by atoms with E-state index in [9.17, 15) is 24.6 Å². The summed E-state index contributed by atoms with van der Waals surface area (Å²) in [5.41, 5.74) is 2.82. The van der Waals surface area contributed by atoms with Crippen molar-refractivity contribution >= 4 is 17.8 Å². The molecule has 2 atom stereocenters. The van der Waals surface area contributed by atoms with Crippen molar-refractivity contribution in [1.29, 1.82) is 0 Å². The number of piperazine rings is 1. The Morgan fingerprint density at radius 1 is 0.926 bits per heavy atom. The molecule has 0 radical (unpaired) electrons. The van der Waals surface area contributed by atoms with Crippen molar-refractivity contribution in [1.82, 2.24) is 10.2 Å². The summed E-state index contributed by atoms with van der Waals surface area (Å²) < 4.78 is 0. The molecule has 7 nitrogen and oxygen atoms in total. The van der Waals surface area contributed by atoms with Crippen molar-refractivity contribution in [3.05, 3.63) is 60.2 Å². The van der Waals surface area contributed by atoms with Gasteiger partial charge in [-0.2, -0.15) is 0 Å². The maximum absolute atomic E-state index is 12.6. The molecule has 1 amide bonds. The molecule has 1 fully saturated rings. The highest BCUT2D eigenvalue weighted by molar-refractivity contribution is 5.91. The van der Waals surface area contributed by atoms with Crippen molar-refractivity contribution < 1.29 is 24.6 Å². The molecule has 0 spiro atoms. The van der Waals surface area contributed by atoms with Gasteiger partial charge in [-0.3, -0.25) is 9.59 Å². The summed E-state index contributed by atoms with van der Waals surface area (Å²) in [7, 11) is 0. The molecule has 0 aromatic heterocycles. The number of carboxylic acid groups (broad SMARTS) is 2. The van der Waals surface area contributed by atoms with Crippen molar-refractivity contribution in [2.24, 2.45) is 0 Å². The van der Waals surface area contributed by atoms with Crippen molar-refractivity contribution in [3.63, 3.8) is 0 Å². The van der Waals surface area contributed by atoms with Crippen molar-refractivity contribution in [2.45, 2.75) is 18.5 Å². The SMILES string of the molecule is O=C(O)C1NCCN(C(=O)Cc2ccc(-c3ccccc3)cc2)C1C(=O)O. The minimum absolute atomic E-state index is 0.0190. The number of nitrogens with one attached hydrogen (secondary N) is 1. The first-order chi connectivity index (χ1) is 13.0. The van der Waals surface area contributed by atoms with Gasteiger partial charge in [-0.15, -0.1) is 0 Å². The van der Waals surface area contributed by atoms with E-state index >= 15 is 0 Å². The zero-order valence-electron chi connectivity index (χ0n) is 14.5. The molecule has 0 bridgehead atoms. The second-order valence-electron chi connectivity index (χ2n) is 6.38. The Labute approximate surface area is 156 Å². The zero-order chi connectivity index (χ0) is 19.4. The number of carbonyl (C=O) groups excluding carboxylic acids is 1. The monoisotopic (exact) mass is 368 g/mol. The van der Waals surface area contributed by atoms with Crippen LogP contribution >= 0.6 is 0 Å². The fourth-order valence-corrected chi connectivity index (χ4v) is 3.27. The fourth-order valence-electron chi connectivity index (χ4n) is 3.27. The smallest absolute Gasteiger partial charge is 0.328 e. The lowest BCUT2D eigenvalue weighted by Crippen LogP contribution is -2.65. The lowest BCUT2D eigenvalue weighted by molar-refractivity contribution is -0.159. The molecule has 27 heavy (non-hydrogen) atoms. The van der Waals surface area contributed by atoms with Crippen LogP contribution in [0.5, 0.6) is 0 Å². The van der Waals surface area contributed by atoms with Crippen LogP contribution in [0.1, 0.15) is 5.56 Å². The number of amides is 1. The Balaban J connectivity index is 1.74. The van der Waals surface area contributed by atoms with Gasteiger partial charge in [0, 0.05) is 13.1 Å². The standard InChI is InChI=1S/C20H20N2O5/c23-16(22-11-10-21-17(19(24)25)18(22)20(26)27)12-13-6-8-15(9-7-13)14-4-2-1-3-5-14/h1-9,17-18,21H,10-12H2,(H,24,25)(H,26,27). The van der Waals surface area contributed by atoms with Crippen LogP contribution in [0.3, 0.4) is 0 Å². The Morgan fingerprint density at radius 3 is 2.15 bits per heavy atom. The molecule has 2 aromatic rings. The van der Waals surface area contributed by atoms with E-state index in [0.717, 1.165) is 21.6 Å². The summed E-state index contributed by atoms with van der Waals surface area (Å²) in [6.07, 6.45) is 0.0190. The van der Waals surface area contributed by atoms with Crippen LogP contribution in [-0.4, -0.2) is 58.1 Å². The summed E-state index contributed by atoms with van der Waals surface area (Å²) >= 11 is 0. The van der Waals surface area contributed by atoms with Gasteiger partial charge in [-0.05, 0) is 16.7 Å². The Hall–Kier alpha value is -3.19. The molecule has 140 valence electrons. The van der Waals surface area contributed by atoms with Gasteiger partial charge in [0.2, 0.25) is 5.91 Å². The minimum atomic E-state index is -1.42. The van der Waals surface area contributed by atoms with E-state index < -0.39 is 29.9 Å². The van der Waals surface area contributed by atoms with Crippen LogP contribution in [-0.2, 0) is 20.8 Å². The summed E-state index contributed by atoms with van der Waals surface area (Å²) in [6.45, 7) is 0.390. The van der Waals surface area contributed by atoms with Gasteiger partial charge < -0.3 is 20.4 Å². The highest BCUT2D eigenvalue weighted by Crippen LogP contribution is 2.20. The van der Waals surface area contributed by atoms with Crippen molar-refractivity contribution in [3.8, 4) is 11.1 Å². The van der Waals surface area contributed by atoms with Crippen LogP contribution in [0.25, 0.3) is 11.1 Å². The maximum Gasteiger partial charge on any atom is 0.328 e. The Kier molecular flexibility index (Phi) is 5.52. The van der Waals surface area contributed by atoms with Gasteiger partial charge in [0.15, 0.2) is 6.04 Å². The van der Waals surface area contributed by atoms with Gasteiger partial charge in [0.05, 0.1) is 6.42 Å². The summed E-state index contributed by atoms with van der Waals surface area (Å²) in [4.78, 5) is 36.6. The van der Waals surface area contributed by atoms with Crippen LogP contribution in [0, 0.1) is 0 Å². The lowest BCUT2D eigenvalue weighted by atomic mass is 10.0. The first-order valence-corrected chi connectivity index (χ1v) is 8.60. The zero-order valence-corrected chi connectivity index (χ0v) is 14.5. The molecule has 1 aliphatic rings. The van der Waals surface area contributed by atoms with E-state index in [0.29, 0.717) is 0 Å². The van der Waals surface area contributed by atoms with E-state index in [2.05, 4.69) is 5.32 Å². The van der Waals surface area contributed by atoms with E-state index in [1.54, 1.807) is 0 Å². The van der Waals surface area contributed by atoms with Gasteiger partial charge in [0.1, 0.15) is 6.04 Å². The molecule has 0 aliphatic carbocycles. The normalized spacial score (nSPS) is 19.5. The number of nitrogens with zero attached hydrogens (tertiary/aromatic N) is 1. The molecular formula is C20H20N2O5. The molecule has 1 saturated heterocycles. The number of aliphatic carboxylic acids is 2. The maximum atomic E-state index is 12.6. The number of benzene rings is 2. The topological polar surface area (TPSA) is 107 Å². The van der Waals surface area contributed by atoms with Gasteiger partial charge in [-0.1, -0.05) is 54.6 Å². The van der Waals surface area contributed by atoms with E-state index in [1.807, 2.05) is 54.6 Å². The predicted molar refractivity (Wildman–Crippen MR) is 98.1 cm³/mol. The second-order valence-corrected chi connectivity index (χ2v) is 6.38. The largest absolute Gasteiger partial charge is 0.480 e. The Morgan fingerprint density at radius 2 is 1.56 bits per heavy atom. The predicted octanol–water partition coefficient (Wildman–Crippen LogP) is 1.23. The first-order valence-electron chi connectivity index (χ1n) is 8.60. The number of carbonyl (C=O) groups is 3. The number of hydrogen-bond donors (Lipinski definition) is 3. The summed E-state index contributed by atoms with van der Waals surface area (Å²) in [5, 5.41) is 21.3. The van der Waals surface area contributed by atoms with Crippen LogP contribution in [0.15, 0.2) is 54.6 Å². The molecule has 1 heterocycles. The highest BCUT2D eigenvalue weighted by atomic mass is 16.4. The average Bonchev–Trinajstić information content (AvgIpc) is 2.68. The van der Waals surface area contributed by atoms with E-state index in [1.165, 1.54) is 0 Å².